The van der Waals surface area contributed by atoms with Crippen LogP contribution in [0.25, 0.3) is 0 Å². The second-order valence-electron chi connectivity index (χ2n) is 2.99. The van der Waals surface area contributed by atoms with Crippen LogP contribution in [0.3, 0.4) is 0 Å². The van der Waals surface area contributed by atoms with Crippen molar-refractivity contribution in [1.82, 2.24) is 10.6 Å². The van der Waals surface area contributed by atoms with Gasteiger partial charge in [-0.3, -0.25) is 0 Å². The molecule has 1 aliphatic rings. The van der Waals surface area contributed by atoms with Crippen molar-refractivity contribution in [2.24, 2.45) is 0 Å². The van der Waals surface area contributed by atoms with Gasteiger partial charge in [-0.05, 0) is 13.8 Å². The summed E-state index contributed by atoms with van der Waals surface area (Å²) < 4.78 is 0. The maximum Gasteiger partial charge on any atom is 0.0250 e. The van der Waals surface area contributed by atoms with Crippen molar-refractivity contribution in [3.05, 3.63) is 0 Å². The zero-order valence-electron chi connectivity index (χ0n) is 7.62. The molecular formula is C8H22N2. The van der Waals surface area contributed by atoms with Crippen LogP contribution in [0.4, 0.5) is 0 Å². The van der Waals surface area contributed by atoms with Crippen LogP contribution in [0.15, 0.2) is 0 Å². The number of piperazine rings is 1. The summed E-state index contributed by atoms with van der Waals surface area (Å²) in [4.78, 5) is 0. The zero-order valence-corrected chi connectivity index (χ0v) is 7.62. The van der Waals surface area contributed by atoms with Gasteiger partial charge in [0.05, 0.1) is 0 Å². The fourth-order valence-electron chi connectivity index (χ4n) is 0.953. The molecule has 0 aromatic heterocycles. The van der Waals surface area contributed by atoms with Gasteiger partial charge in [0.1, 0.15) is 0 Å². The lowest BCUT2D eigenvalue weighted by molar-refractivity contribution is 0.323. The molecule has 2 nitrogen and oxygen atoms in total. The van der Waals surface area contributed by atoms with Gasteiger partial charge in [-0.25, -0.2) is 0 Å². The smallest absolute Gasteiger partial charge is 0.0250 e. The first-order chi connectivity index (χ1) is 4.71. The van der Waals surface area contributed by atoms with E-state index < -0.39 is 0 Å². The van der Waals surface area contributed by atoms with Crippen LogP contribution in [-0.4, -0.2) is 25.2 Å². The van der Waals surface area contributed by atoms with E-state index in [4.69, 9.17) is 0 Å². The molecule has 2 heteroatoms. The lowest BCUT2D eigenvalue weighted by Gasteiger charge is -2.31. The van der Waals surface area contributed by atoms with Gasteiger partial charge in [0.15, 0.2) is 0 Å². The zero-order chi connectivity index (χ0) is 8.04. The molecule has 1 aliphatic heterocycles. The molecule has 64 valence electrons. The number of rotatable bonds is 0. The molecule has 0 spiro atoms. The van der Waals surface area contributed by atoms with Crippen molar-refractivity contribution in [3.8, 4) is 0 Å². The second-order valence-corrected chi connectivity index (χ2v) is 2.99. The average molecular weight is 146 g/mol. The Kier molecular flexibility index (Phi) is 4.65. The van der Waals surface area contributed by atoms with Crippen LogP contribution in [0.2, 0.25) is 0 Å². The van der Waals surface area contributed by atoms with Gasteiger partial charge in [-0.15, -0.1) is 0 Å². The Balaban J connectivity index is 0. The Labute approximate surface area is 65.9 Å². The van der Waals surface area contributed by atoms with E-state index in [1.54, 1.807) is 0 Å². The molecule has 0 aromatic carbocycles. The average Bonchev–Trinajstić information content (AvgIpc) is 1.92. The quantitative estimate of drug-likeness (QED) is 0.537. The van der Waals surface area contributed by atoms with Crippen LogP contribution >= 0.6 is 0 Å². The van der Waals surface area contributed by atoms with E-state index in [2.05, 4.69) is 24.5 Å². The number of hydrogen-bond acceptors (Lipinski definition) is 2. The van der Waals surface area contributed by atoms with E-state index in [1.807, 2.05) is 13.8 Å². The summed E-state index contributed by atoms with van der Waals surface area (Å²) in [6.07, 6.45) is 0. The monoisotopic (exact) mass is 146 g/mol. The standard InChI is InChI=1S/C6H14N2.C2H6.H2/c1-6(2)5-7-3-4-8-6;1-2;/h7-8H,3-5H2,1-2H3;1-2H3;1H. The van der Waals surface area contributed by atoms with E-state index in [1.165, 1.54) is 0 Å². The second kappa shape index (κ2) is 4.69. The predicted octanol–water partition coefficient (Wildman–Crippen LogP) is 1.23. The van der Waals surface area contributed by atoms with Gasteiger partial charge in [0.2, 0.25) is 0 Å². The van der Waals surface area contributed by atoms with Gasteiger partial charge in [0.25, 0.3) is 0 Å². The maximum absolute atomic E-state index is 3.40. The van der Waals surface area contributed by atoms with E-state index in [0.717, 1.165) is 19.6 Å². The summed E-state index contributed by atoms with van der Waals surface area (Å²) in [7, 11) is 0. The van der Waals surface area contributed by atoms with Crippen molar-refractivity contribution in [3.63, 3.8) is 0 Å². The third kappa shape index (κ3) is 3.85. The lowest BCUT2D eigenvalue weighted by atomic mass is 10.0. The molecule has 1 rings (SSSR count). The topological polar surface area (TPSA) is 24.1 Å². The van der Waals surface area contributed by atoms with Crippen molar-refractivity contribution < 1.29 is 1.43 Å². The van der Waals surface area contributed by atoms with Gasteiger partial charge in [0, 0.05) is 26.6 Å². The molecule has 0 aromatic rings. The molecule has 1 saturated heterocycles. The largest absolute Gasteiger partial charge is 0.314 e. The normalized spacial score (nSPS) is 22.8. The fraction of sp³-hybridized carbons (Fsp3) is 1.00. The van der Waals surface area contributed by atoms with Gasteiger partial charge in [-0.1, -0.05) is 13.8 Å². The van der Waals surface area contributed by atoms with Gasteiger partial charge >= 0.3 is 0 Å². The fourth-order valence-corrected chi connectivity index (χ4v) is 0.953. The molecule has 0 bridgehead atoms. The van der Waals surface area contributed by atoms with Gasteiger partial charge in [-0.2, -0.15) is 0 Å². The van der Waals surface area contributed by atoms with E-state index in [9.17, 15) is 0 Å². The lowest BCUT2D eigenvalue weighted by Crippen LogP contribution is -2.55. The third-order valence-electron chi connectivity index (χ3n) is 1.47. The van der Waals surface area contributed by atoms with Crippen LogP contribution < -0.4 is 10.6 Å². The Bertz CT molecular complexity index is 76.2. The number of hydrogen-bond donors (Lipinski definition) is 2. The van der Waals surface area contributed by atoms with Crippen molar-refractivity contribution in [1.29, 1.82) is 0 Å². The highest BCUT2D eigenvalue weighted by atomic mass is 15.1. The SMILES string of the molecule is CC.CC1(C)CNCCN1.[HH]. The van der Waals surface area contributed by atoms with Crippen LogP contribution in [0, 0.1) is 0 Å². The van der Waals surface area contributed by atoms with Crippen LogP contribution in [-0.2, 0) is 0 Å². The minimum Gasteiger partial charge on any atom is -0.314 e. The first kappa shape index (κ1) is 9.92. The summed E-state index contributed by atoms with van der Waals surface area (Å²) in [6.45, 7) is 11.7. The number of nitrogens with one attached hydrogen (secondary N) is 2. The van der Waals surface area contributed by atoms with Crippen molar-refractivity contribution in [2.45, 2.75) is 33.2 Å². The molecule has 0 atom stereocenters. The Morgan fingerprint density at radius 1 is 1.20 bits per heavy atom. The van der Waals surface area contributed by atoms with Crippen LogP contribution in [0.1, 0.15) is 29.1 Å². The molecule has 1 fully saturated rings. The first-order valence-electron chi connectivity index (χ1n) is 4.16. The molecule has 0 radical (unpaired) electrons. The minimum absolute atomic E-state index is 0. The molecule has 0 amide bonds. The summed E-state index contributed by atoms with van der Waals surface area (Å²) in [5.74, 6) is 0. The van der Waals surface area contributed by atoms with Crippen molar-refractivity contribution in [2.75, 3.05) is 19.6 Å². The first-order valence-corrected chi connectivity index (χ1v) is 4.16. The van der Waals surface area contributed by atoms with E-state index in [0.29, 0.717) is 5.54 Å². The molecular weight excluding hydrogens is 124 g/mol. The highest BCUT2D eigenvalue weighted by Crippen LogP contribution is 2.00. The third-order valence-corrected chi connectivity index (χ3v) is 1.47. The van der Waals surface area contributed by atoms with E-state index >= 15 is 0 Å². The molecule has 2 N–H and O–H groups in total. The Morgan fingerprint density at radius 2 is 1.80 bits per heavy atom. The molecule has 0 aliphatic carbocycles. The summed E-state index contributed by atoms with van der Waals surface area (Å²) in [5.41, 5.74) is 0.318. The highest BCUT2D eigenvalue weighted by Gasteiger charge is 2.18. The minimum atomic E-state index is 0. The van der Waals surface area contributed by atoms with Crippen LogP contribution in [0.5, 0.6) is 0 Å². The molecule has 0 saturated carbocycles. The predicted molar refractivity (Wildman–Crippen MR) is 48.4 cm³/mol. The summed E-state index contributed by atoms with van der Waals surface area (Å²) in [5, 5.41) is 6.71. The summed E-state index contributed by atoms with van der Waals surface area (Å²) >= 11 is 0. The molecule has 0 unspecified atom stereocenters. The summed E-state index contributed by atoms with van der Waals surface area (Å²) in [6, 6.07) is 0. The Hall–Kier alpha value is -0.0800. The Morgan fingerprint density at radius 3 is 2.00 bits per heavy atom. The maximum atomic E-state index is 3.40. The highest BCUT2D eigenvalue weighted by molar-refractivity contribution is 4.83. The molecule has 1 heterocycles. The van der Waals surface area contributed by atoms with Gasteiger partial charge < -0.3 is 10.6 Å². The molecule has 10 heavy (non-hydrogen) atoms. The van der Waals surface area contributed by atoms with Crippen molar-refractivity contribution >= 4 is 0 Å². The van der Waals surface area contributed by atoms with E-state index in [-0.39, 0.29) is 1.43 Å².